The normalized spacial score (nSPS) is 19.8. The fourth-order valence-corrected chi connectivity index (χ4v) is 2.37. The Labute approximate surface area is 111 Å². The van der Waals surface area contributed by atoms with Gasteiger partial charge >= 0.3 is 6.09 Å². The lowest BCUT2D eigenvalue weighted by molar-refractivity contribution is 0.124. The van der Waals surface area contributed by atoms with E-state index >= 15 is 0 Å². The zero-order valence-corrected chi connectivity index (χ0v) is 11.0. The standard InChI is InChI=1S/C13H16ClNO3/c1-9-11(14)3-2-4-12(9)15-10(5-7-16)6-8-18-13(15)17/h2-4,10,16H,5-8H2,1H3. The van der Waals surface area contributed by atoms with Crippen LogP contribution in [0.25, 0.3) is 0 Å². The maximum absolute atomic E-state index is 11.9. The summed E-state index contributed by atoms with van der Waals surface area (Å²) in [6, 6.07) is 5.41. The van der Waals surface area contributed by atoms with E-state index in [1.54, 1.807) is 11.0 Å². The largest absolute Gasteiger partial charge is 0.449 e. The average Bonchev–Trinajstić information content (AvgIpc) is 2.34. The molecule has 1 aliphatic heterocycles. The van der Waals surface area contributed by atoms with Crippen molar-refractivity contribution in [3.63, 3.8) is 0 Å². The molecular formula is C13H16ClNO3. The maximum atomic E-state index is 11.9. The molecule has 1 aromatic carbocycles. The quantitative estimate of drug-likeness (QED) is 0.918. The van der Waals surface area contributed by atoms with E-state index < -0.39 is 0 Å². The number of nitrogens with zero attached hydrogens (tertiary/aromatic N) is 1. The van der Waals surface area contributed by atoms with Crippen LogP contribution in [0.2, 0.25) is 5.02 Å². The number of benzene rings is 1. The number of ether oxygens (including phenoxy) is 1. The molecule has 4 nitrogen and oxygen atoms in total. The summed E-state index contributed by atoms with van der Waals surface area (Å²) in [5.74, 6) is 0. The molecule has 1 unspecified atom stereocenters. The van der Waals surface area contributed by atoms with Crippen LogP contribution in [0.3, 0.4) is 0 Å². The van der Waals surface area contributed by atoms with Crippen LogP contribution in [-0.2, 0) is 4.74 Å². The Morgan fingerprint density at radius 1 is 1.56 bits per heavy atom. The molecule has 0 aromatic heterocycles. The van der Waals surface area contributed by atoms with Gasteiger partial charge in [-0.1, -0.05) is 17.7 Å². The fraction of sp³-hybridized carbons (Fsp3) is 0.462. The van der Waals surface area contributed by atoms with Gasteiger partial charge in [0.05, 0.1) is 12.3 Å². The molecule has 1 atom stereocenters. The monoisotopic (exact) mass is 269 g/mol. The Morgan fingerprint density at radius 2 is 2.33 bits per heavy atom. The third-order valence-corrected chi connectivity index (χ3v) is 3.61. The number of cyclic esters (lactones) is 1. The highest BCUT2D eigenvalue weighted by atomic mass is 35.5. The summed E-state index contributed by atoms with van der Waals surface area (Å²) in [6.07, 6.45) is 0.893. The summed E-state index contributed by atoms with van der Waals surface area (Å²) in [4.78, 5) is 13.5. The molecule has 1 amide bonds. The first-order valence-electron chi connectivity index (χ1n) is 5.97. The third kappa shape index (κ3) is 2.44. The number of aliphatic hydroxyl groups excluding tert-OH is 1. The van der Waals surface area contributed by atoms with Crippen molar-refractivity contribution in [1.82, 2.24) is 0 Å². The van der Waals surface area contributed by atoms with Gasteiger partial charge in [0.2, 0.25) is 0 Å². The van der Waals surface area contributed by atoms with Gasteiger partial charge in [-0.3, -0.25) is 4.90 Å². The molecule has 5 heteroatoms. The molecule has 2 rings (SSSR count). The summed E-state index contributed by atoms with van der Waals surface area (Å²) < 4.78 is 5.08. The predicted molar refractivity (Wildman–Crippen MR) is 70.1 cm³/mol. The van der Waals surface area contributed by atoms with Crippen LogP contribution < -0.4 is 4.90 Å². The number of anilines is 1. The molecular weight excluding hydrogens is 254 g/mol. The van der Waals surface area contributed by atoms with E-state index in [4.69, 9.17) is 21.4 Å². The van der Waals surface area contributed by atoms with Crippen LogP contribution in [0.5, 0.6) is 0 Å². The Morgan fingerprint density at radius 3 is 3.06 bits per heavy atom. The van der Waals surface area contributed by atoms with Crippen molar-refractivity contribution in [3.05, 3.63) is 28.8 Å². The third-order valence-electron chi connectivity index (χ3n) is 3.20. The first-order chi connectivity index (χ1) is 8.65. The van der Waals surface area contributed by atoms with Gasteiger partial charge in [0.15, 0.2) is 0 Å². The van der Waals surface area contributed by atoms with Crippen LogP contribution in [0, 0.1) is 6.92 Å². The first-order valence-corrected chi connectivity index (χ1v) is 6.35. The van der Waals surface area contributed by atoms with Crippen molar-refractivity contribution in [1.29, 1.82) is 0 Å². The van der Waals surface area contributed by atoms with Gasteiger partial charge in [0.25, 0.3) is 0 Å². The van der Waals surface area contributed by atoms with E-state index in [-0.39, 0.29) is 18.7 Å². The van der Waals surface area contributed by atoms with E-state index in [1.807, 2.05) is 19.1 Å². The molecule has 0 bridgehead atoms. The van der Waals surface area contributed by atoms with Crippen molar-refractivity contribution in [2.75, 3.05) is 18.1 Å². The first kappa shape index (κ1) is 13.2. The molecule has 1 heterocycles. The molecule has 1 N–H and O–H groups in total. The second-order valence-corrected chi connectivity index (χ2v) is 4.73. The minimum absolute atomic E-state index is 0.0339. The van der Waals surface area contributed by atoms with E-state index in [1.165, 1.54) is 0 Å². The van der Waals surface area contributed by atoms with Gasteiger partial charge in [-0.2, -0.15) is 0 Å². The zero-order chi connectivity index (χ0) is 13.1. The zero-order valence-electron chi connectivity index (χ0n) is 10.2. The number of carbonyl (C=O) groups is 1. The Kier molecular flexibility index (Phi) is 4.09. The molecule has 98 valence electrons. The van der Waals surface area contributed by atoms with E-state index in [0.29, 0.717) is 18.1 Å². The minimum Gasteiger partial charge on any atom is -0.449 e. The van der Waals surface area contributed by atoms with Crippen LogP contribution >= 0.6 is 11.6 Å². The lowest BCUT2D eigenvalue weighted by Crippen LogP contribution is -2.46. The SMILES string of the molecule is Cc1c(Cl)cccc1N1C(=O)OCCC1CCO. The number of carbonyl (C=O) groups excluding carboxylic acids is 1. The second kappa shape index (κ2) is 5.59. The van der Waals surface area contributed by atoms with Crippen LogP contribution in [0.15, 0.2) is 18.2 Å². The van der Waals surface area contributed by atoms with Gasteiger partial charge in [-0.15, -0.1) is 0 Å². The number of amides is 1. The number of hydrogen-bond donors (Lipinski definition) is 1. The Hall–Kier alpha value is -1.26. The highest BCUT2D eigenvalue weighted by molar-refractivity contribution is 6.31. The van der Waals surface area contributed by atoms with Crippen molar-refractivity contribution >= 4 is 23.4 Å². The smallest absolute Gasteiger partial charge is 0.414 e. The average molecular weight is 270 g/mol. The van der Waals surface area contributed by atoms with Crippen LogP contribution in [0.1, 0.15) is 18.4 Å². The number of hydrogen-bond acceptors (Lipinski definition) is 3. The van der Waals surface area contributed by atoms with Crippen molar-refractivity contribution < 1.29 is 14.6 Å². The summed E-state index contributed by atoms with van der Waals surface area (Å²) in [6.45, 7) is 2.32. The van der Waals surface area contributed by atoms with Crippen molar-refractivity contribution in [2.24, 2.45) is 0 Å². The minimum atomic E-state index is -0.370. The molecule has 0 saturated carbocycles. The number of rotatable bonds is 3. The summed E-state index contributed by atoms with van der Waals surface area (Å²) in [5, 5.41) is 9.71. The predicted octanol–water partition coefficient (Wildman–Crippen LogP) is 2.75. The van der Waals surface area contributed by atoms with Gasteiger partial charge in [-0.05, 0) is 31.0 Å². The topological polar surface area (TPSA) is 49.8 Å². The molecule has 0 spiro atoms. The fourth-order valence-electron chi connectivity index (χ4n) is 2.20. The van der Waals surface area contributed by atoms with Gasteiger partial charge in [-0.25, -0.2) is 4.79 Å². The van der Waals surface area contributed by atoms with Crippen LogP contribution in [0.4, 0.5) is 10.5 Å². The molecule has 0 radical (unpaired) electrons. The number of aliphatic hydroxyl groups is 1. The molecule has 1 fully saturated rings. The van der Waals surface area contributed by atoms with E-state index in [0.717, 1.165) is 17.7 Å². The van der Waals surface area contributed by atoms with Gasteiger partial charge in [0, 0.05) is 24.1 Å². The lowest BCUT2D eigenvalue weighted by Gasteiger charge is -2.35. The molecule has 1 aromatic rings. The van der Waals surface area contributed by atoms with Crippen molar-refractivity contribution in [3.8, 4) is 0 Å². The highest BCUT2D eigenvalue weighted by Gasteiger charge is 2.31. The summed E-state index contributed by atoms with van der Waals surface area (Å²) in [7, 11) is 0. The van der Waals surface area contributed by atoms with Gasteiger partial charge in [0.1, 0.15) is 0 Å². The highest BCUT2D eigenvalue weighted by Crippen LogP contribution is 2.31. The summed E-state index contributed by atoms with van der Waals surface area (Å²) in [5.41, 5.74) is 1.60. The number of halogens is 1. The molecule has 18 heavy (non-hydrogen) atoms. The van der Waals surface area contributed by atoms with Crippen LogP contribution in [-0.4, -0.2) is 30.5 Å². The lowest BCUT2D eigenvalue weighted by atomic mass is 10.1. The van der Waals surface area contributed by atoms with Crippen molar-refractivity contribution in [2.45, 2.75) is 25.8 Å². The molecule has 0 aliphatic carbocycles. The Balaban J connectivity index is 2.37. The molecule has 1 saturated heterocycles. The Bertz CT molecular complexity index is 448. The summed E-state index contributed by atoms with van der Waals surface area (Å²) >= 11 is 6.08. The molecule has 1 aliphatic rings. The van der Waals surface area contributed by atoms with E-state index in [9.17, 15) is 4.79 Å². The second-order valence-electron chi connectivity index (χ2n) is 4.32. The van der Waals surface area contributed by atoms with Gasteiger partial charge < -0.3 is 9.84 Å². The van der Waals surface area contributed by atoms with E-state index in [2.05, 4.69) is 0 Å². The maximum Gasteiger partial charge on any atom is 0.414 e.